The van der Waals surface area contributed by atoms with Gasteiger partial charge in [-0.05, 0) is 99.0 Å². The molecule has 0 amide bonds. The lowest BCUT2D eigenvalue weighted by Crippen LogP contribution is -2.38. The molecular weight excluding hydrogens is 428 g/mol. The van der Waals surface area contributed by atoms with Crippen LogP contribution < -0.4 is 9.64 Å². The lowest BCUT2D eigenvalue weighted by atomic mass is 9.65. The summed E-state index contributed by atoms with van der Waals surface area (Å²) in [4.78, 5) is 7.79. The molecule has 5 rings (SSSR count). The Labute approximate surface area is 212 Å². The topological polar surface area (TPSA) is 24.8 Å². The van der Waals surface area contributed by atoms with Gasteiger partial charge in [0.15, 0.2) is 0 Å². The summed E-state index contributed by atoms with van der Waals surface area (Å²) in [5.41, 5.74) is 8.30. The predicted octanol–water partition coefficient (Wildman–Crippen LogP) is 7.86. The smallest absolute Gasteiger partial charge is 0.119 e. The number of ether oxygens (including phenoxy) is 1. The van der Waals surface area contributed by atoms with Crippen molar-refractivity contribution in [1.82, 2.24) is 0 Å². The van der Waals surface area contributed by atoms with Gasteiger partial charge < -0.3 is 9.64 Å². The van der Waals surface area contributed by atoms with Crippen molar-refractivity contribution in [2.45, 2.75) is 89.5 Å². The summed E-state index contributed by atoms with van der Waals surface area (Å²) < 4.78 is 5.65. The van der Waals surface area contributed by atoms with Crippen molar-refractivity contribution in [3.8, 4) is 5.75 Å². The molecule has 0 N–H and O–H groups in total. The van der Waals surface area contributed by atoms with E-state index in [1.54, 1.807) is 12.7 Å². The Morgan fingerprint density at radius 2 is 1.89 bits per heavy atom. The van der Waals surface area contributed by atoms with Crippen LogP contribution in [-0.4, -0.2) is 32.0 Å². The largest absolute Gasteiger partial charge is 0.497 e. The molecule has 3 nitrogen and oxygen atoms in total. The van der Waals surface area contributed by atoms with Gasteiger partial charge in [-0.2, -0.15) is 0 Å². The quantitative estimate of drug-likeness (QED) is 0.385. The van der Waals surface area contributed by atoms with E-state index in [0.717, 1.165) is 31.7 Å². The summed E-state index contributed by atoms with van der Waals surface area (Å²) in [7, 11) is 1.77. The molecule has 35 heavy (non-hydrogen) atoms. The number of benzene rings is 2. The minimum Gasteiger partial charge on any atom is -0.497 e. The Kier molecular flexibility index (Phi) is 7.05. The van der Waals surface area contributed by atoms with Crippen LogP contribution in [0.15, 0.2) is 47.5 Å². The highest BCUT2D eigenvalue weighted by atomic mass is 16.5. The Morgan fingerprint density at radius 3 is 2.63 bits per heavy atom. The van der Waals surface area contributed by atoms with Crippen LogP contribution in [0.2, 0.25) is 0 Å². The van der Waals surface area contributed by atoms with Crippen LogP contribution in [0.4, 0.5) is 5.69 Å². The van der Waals surface area contributed by atoms with E-state index >= 15 is 0 Å². The second-order valence-corrected chi connectivity index (χ2v) is 10.7. The zero-order valence-electron chi connectivity index (χ0n) is 22.1. The van der Waals surface area contributed by atoms with Crippen molar-refractivity contribution < 1.29 is 4.74 Å². The van der Waals surface area contributed by atoms with Gasteiger partial charge in [0.25, 0.3) is 0 Å². The monoisotopic (exact) mass is 470 g/mol. The van der Waals surface area contributed by atoms with Gasteiger partial charge in [0.1, 0.15) is 5.75 Å². The maximum Gasteiger partial charge on any atom is 0.119 e. The summed E-state index contributed by atoms with van der Waals surface area (Å²) in [6.07, 6.45) is 14.8. The van der Waals surface area contributed by atoms with Crippen LogP contribution in [-0.2, 0) is 5.41 Å². The highest BCUT2D eigenvalue weighted by molar-refractivity contribution is 6.06. The highest BCUT2D eigenvalue weighted by Crippen LogP contribution is 2.49. The Hall–Kier alpha value is -2.55. The van der Waals surface area contributed by atoms with Crippen molar-refractivity contribution in [3.63, 3.8) is 0 Å². The van der Waals surface area contributed by atoms with E-state index < -0.39 is 0 Å². The molecular formula is C32H42N2O. The standard InChI is InChI=1S/C32H42N2O/c1-5-33-31(32(19-8-7-9-20-32)28-22-25(35-4)16-13-23(28)3)18-15-24-14-17-30-27(21-24)26-11-10-12-29(26)34(30)6-2/h13-18,21-22,26,29H,5-12,19-20H2,1-4H3/b18-15+,33-31+. The molecule has 0 saturated heterocycles. The number of methoxy groups -OCH3 is 1. The molecule has 0 radical (unpaired) electrons. The van der Waals surface area contributed by atoms with Gasteiger partial charge in [0.2, 0.25) is 0 Å². The molecule has 186 valence electrons. The minimum absolute atomic E-state index is 0.0321. The fourth-order valence-electron chi connectivity index (χ4n) is 7.27. The number of likely N-dealkylation sites (N-methyl/N-ethyl adjacent to an activating group) is 1. The predicted molar refractivity (Wildman–Crippen MR) is 149 cm³/mol. The third kappa shape index (κ3) is 4.32. The van der Waals surface area contributed by atoms with Crippen molar-refractivity contribution >= 4 is 17.5 Å². The van der Waals surface area contributed by atoms with Crippen LogP contribution in [0, 0.1) is 6.92 Å². The number of nitrogens with zero attached hydrogens (tertiary/aromatic N) is 2. The number of rotatable bonds is 7. The SMILES string of the molecule is CC/N=C(\C=C\c1ccc2c(c1)C1CCCC1N2CC)C1(c2cc(OC)ccc2C)CCCCC1. The molecule has 2 saturated carbocycles. The van der Waals surface area contributed by atoms with E-state index in [1.807, 2.05) is 0 Å². The van der Waals surface area contributed by atoms with E-state index in [9.17, 15) is 0 Å². The zero-order chi connectivity index (χ0) is 24.4. The maximum absolute atomic E-state index is 5.65. The first-order valence-electron chi connectivity index (χ1n) is 13.9. The molecule has 3 aliphatic rings. The zero-order valence-corrected chi connectivity index (χ0v) is 22.1. The van der Waals surface area contributed by atoms with Crippen LogP contribution in [0.1, 0.15) is 93.4 Å². The number of anilines is 1. The van der Waals surface area contributed by atoms with Crippen molar-refractivity contribution in [3.05, 3.63) is 64.7 Å². The molecule has 0 spiro atoms. The van der Waals surface area contributed by atoms with E-state index in [2.05, 4.69) is 74.2 Å². The third-order valence-corrected chi connectivity index (χ3v) is 8.90. The maximum atomic E-state index is 5.65. The summed E-state index contributed by atoms with van der Waals surface area (Å²) >= 11 is 0. The number of allylic oxidation sites excluding steroid dienone is 1. The summed E-state index contributed by atoms with van der Waals surface area (Å²) in [5.74, 6) is 1.66. The van der Waals surface area contributed by atoms with Gasteiger partial charge in [-0.15, -0.1) is 0 Å². The minimum atomic E-state index is -0.0321. The number of hydrogen-bond donors (Lipinski definition) is 0. The third-order valence-electron chi connectivity index (χ3n) is 8.90. The summed E-state index contributed by atoms with van der Waals surface area (Å²) in [5, 5.41) is 0. The Bertz CT molecular complexity index is 1110. The molecule has 1 heterocycles. The number of fused-ring (bicyclic) bond motifs is 3. The van der Waals surface area contributed by atoms with Crippen molar-refractivity contribution in [2.24, 2.45) is 4.99 Å². The van der Waals surface area contributed by atoms with Crippen LogP contribution in [0.25, 0.3) is 6.08 Å². The first kappa shape index (κ1) is 24.2. The first-order chi connectivity index (χ1) is 17.1. The van der Waals surface area contributed by atoms with Gasteiger partial charge in [-0.25, -0.2) is 0 Å². The van der Waals surface area contributed by atoms with Crippen LogP contribution in [0.5, 0.6) is 5.75 Å². The molecule has 0 bridgehead atoms. The average molecular weight is 471 g/mol. The molecule has 2 aromatic rings. The van der Waals surface area contributed by atoms with Crippen molar-refractivity contribution in [2.75, 3.05) is 25.1 Å². The average Bonchev–Trinajstić information content (AvgIpc) is 3.48. The number of aliphatic imine (C=N–C) groups is 1. The Balaban J connectivity index is 1.52. The fraction of sp³-hybridized carbons (Fsp3) is 0.531. The first-order valence-corrected chi connectivity index (χ1v) is 13.9. The molecule has 3 heteroatoms. The second kappa shape index (κ2) is 10.2. The normalized spacial score (nSPS) is 23.5. The van der Waals surface area contributed by atoms with E-state index in [-0.39, 0.29) is 5.41 Å². The number of hydrogen-bond acceptors (Lipinski definition) is 3. The van der Waals surface area contributed by atoms with Gasteiger partial charge in [0, 0.05) is 41.9 Å². The molecule has 2 atom stereocenters. The molecule has 2 unspecified atom stereocenters. The van der Waals surface area contributed by atoms with Gasteiger partial charge >= 0.3 is 0 Å². The van der Waals surface area contributed by atoms with Crippen LogP contribution >= 0.6 is 0 Å². The summed E-state index contributed by atoms with van der Waals surface area (Å²) in [6.45, 7) is 8.63. The highest BCUT2D eigenvalue weighted by Gasteiger charge is 2.41. The Morgan fingerprint density at radius 1 is 1.06 bits per heavy atom. The van der Waals surface area contributed by atoms with Gasteiger partial charge in [-0.1, -0.05) is 43.9 Å². The molecule has 2 aliphatic carbocycles. The van der Waals surface area contributed by atoms with Crippen LogP contribution in [0.3, 0.4) is 0 Å². The molecule has 1 aliphatic heterocycles. The van der Waals surface area contributed by atoms with E-state index in [1.165, 1.54) is 66.6 Å². The van der Waals surface area contributed by atoms with Crippen molar-refractivity contribution in [1.29, 1.82) is 0 Å². The molecule has 2 fully saturated rings. The molecule has 2 aromatic carbocycles. The second-order valence-electron chi connectivity index (χ2n) is 10.7. The number of aryl methyl sites for hydroxylation is 1. The summed E-state index contributed by atoms with van der Waals surface area (Å²) in [6, 6.07) is 14.4. The van der Waals surface area contributed by atoms with E-state index in [4.69, 9.17) is 9.73 Å². The fourth-order valence-corrected chi connectivity index (χ4v) is 7.27. The lowest BCUT2D eigenvalue weighted by molar-refractivity contribution is 0.374. The molecule has 0 aromatic heterocycles. The van der Waals surface area contributed by atoms with Gasteiger partial charge in [-0.3, -0.25) is 4.99 Å². The lowest BCUT2D eigenvalue weighted by Gasteiger charge is -2.39. The van der Waals surface area contributed by atoms with Gasteiger partial charge in [0.05, 0.1) is 7.11 Å². The van der Waals surface area contributed by atoms with E-state index in [0.29, 0.717) is 12.0 Å².